The summed E-state index contributed by atoms with van der Waals surface area (Å²) < 4.78 is 15.2. The van der Waals surface area contributed by atoms with E-state index in [0.29, 0.717) is 0 Å². The maximum Gasteiger partial charge on any atom is 0.0972 e. The average Bonchev–Trinajstić information content (AvgIpc) is 2.29. The molecule has 0 bridgehead atoms. The van der Waals surface area contributed by atoms with Crippen molar-refractivity contribution in [1.82, 2.24) is 4.72 Å². The summed E-state index contributed by atoms with van der Waals surface area (Å²) in [5.74, 6) is 0. The van der Waals surface area contributed by atoms with Crippen LogP contribution in [0.25, 0.3) is 0 Å². The van der Waals surface area contributed by atoms with E-state index in [-0.39, 0.29) is 10.8 Å². The summed E-state index contributed by atoms with van der Waals surface area (Å²) in [6.45, 7) is 8.17. The van der Waals surface area contributed by atoms with Gasteiger partial charge in [-0.3, -0.25) is 0 Å². The van der Waals surface area contributed by atoms with Crippen LogP contribution in [0.5, 0.6) is 0 Å². The zero-order valence-electron chi connectivity index (χ0n) is 11.9. The van der Waals surface area contributed by atoms with Gasteiger partial charge < -0.3 is 0 Å². The minimum atomic E-state index is -0.993. The molecule has 2 unspecified atom stereocenters. The Morgan fingerprint density at radius 1 is 1.22 bits per heavy atom. The van der Waals surface area contributed by atoms with Crippen LogP contribution < -0.4 is 4.72 Å². The molecule has 2 atom stereocenters. The molecule has 0 aliphatic heterocycles. The normalized spacial score (nSPS) is 15.3. The van der Waals surface area contributed by atoms with Gasteiger partial charge in [0.05, 0.1) is 15.7 Å². The van der Waals surface area contributed by atoms with Gasteiger partial charge in [-0.15, -0.1) is 0 Å². The monoisotopic (exact) mass is 267 g/mol. The van der Waals surface area contributed by atoms with E-state index < -0.39 is 11.0 Å². The average molecular weight is 267 g/mol. The minimum absolute atomic E-state index is 0.206. The van der Waals surface area contributed by atoms with E-state index in [1.165, 1.54) is 5.56 Å². The number of benzene rings is 1. The Bertz CT molecular complexity index is 370. The van der Waals surface area contributed by atoms with Gasteiger partial charge in [0.1, 0.15) is 0 Å². The second-order valence-corrected chi connectivity index (χ2v) is 7.67. The third kappa shape index (κ3) is 5.32. The van der Waals surface area contributed by atoms with Gasteiger partial charge in [0, 0.05) is 6.04 Å². The Morgan fingerprint density at radius 2 is 1.83 bits per heavy atom. The van der Waals surface area contributed by atoms with Crippen molar-refractivity contribution in [2.75, 3.05) is 0 Å². The largest absolute Gasteiger partial charge is 0.242 e. The Labute approximate surface area is 114 Å². The maximum absolute atomic E-state index is 12.1. The molecular formula is C15H25NOS. The minimum Gasteiger partial charge on any atom is -0.242 e. The second-order valence-electron chi connectivity index (χ2n) is 5.67. The molecule has 0 saturated heterocycles. The van der Waals surface area contributed by atoms with Gasteiger partial charge in [-0.2, -0.15) is 0 Å². The van der Waals surface area contributed by atoms with Crippen molar-refractivity contribution in [1.29, 1.82) is 0 Å². The van der Waals surface area contributed by atoms with Gasteiger partial charge in [0.25, 0.3) is 0 Å². The molecule has 0 aliphatic rings. The van der Waals surface area contributed by atoms with Crippen LogP contribution in [0.15, 0.2) is 30.3 Å². The molecule has 1 rings (SSSR count). The van der Waals surface area contributed by atoms with Crippen LogP contribution in [0, 0.1) is 0 Å². The van der Waals surface area contributed by atoms with Crippen molar-refractivity contribution in [2.45, 2.75) is 57.7 Å². The zero-order chi connectivity index (χ0) is 13.6. The van der Waals surface area contributed by atoms with E-state index in [1.807, 2.05) is 26.8 Å². The zero-order valence-corrected chi connectivity index (χ0v) is 12.7. The Balaban J connectivity index is 2.63. The van der Waals surface area contributed by atoms with Crippen LogP contribution in [-0.2, 0) is 17.4 Å². The summed E-state index contributed by atoms with van der Waals surface area (Å²) in [5.41, 5.74) is 1.30. The first-order valence-corrected chi connectivity index (χ1v) is 7.80. The van der Waals surface area contributed by atoms with Crippen LogP contribution in [-0.4, -0.2) is 15.0 Å². The predicted octanol–water partition coefficient (Wildman–Crippen LogP) is 3.45. The highest BCUT2D eigenvalue weighted by Crippen LogP contribution is 2.13. The second kappa shape index (κ2) is 7.05. The van der Waals surface area contributed by atoms with Crippen molar-refractivity contribution in [3.05, 3.63) is 35.9 Å². The first-order chi connectivity index (χ1) is 8.43. The molecule has 2 nitrogen and oxygen atoms in total. The number of rotatable bonds is 6. The van der Waals surface area contributed by atoms with Crippen LogP contribution in [0.4, 0.5) is 0 Å². The molecule has 0 amide bonds. The maximum atomic E-state index is 12.1. The molecule has 0 spiro atoms. The van der Waals surface area contributed by atoms with E-state index in [9.17, 15) is 4.21 Å². The van der Waals surface area contributed by atoms with E-state index >= 15 is 0 Å². The summed E-state index contributed by atoms with van der Waals surface area (Å²) in [7, 11) is -0.993. The lowest BCUT2D eigenvalue weighted by atomic mass is 10.0. The molecule has 3 heteroatoms. The van der Waals surface area contributed by atoms with E-state index in [1.54, 1.807) is 0 Å². The quantitative estimate of drug-likeness (QED) is 0.840. The fraction of sp³-hybridized carbons (Fsp3) is 0.600. The topological polar surface area (TPSA) is 29.1 Å². The Morgan fingerprint density at radius 3 is 2.33 bits per heavy atom. The highest BCUT2D eigenvalue weighted by Gasteiger charge is 2.22. The molecule has 0 aliphatic carbocycles. The predicted molar refractivity (Wildman–Crippen MR) is 79.9 cm³/mol. The molecule has 18 heavy (non-hydrogen) atoms. The van der Waals surface area contributed by atoms with Crippen molar-refractivity contribution in [3.8, 4) is 0 Å². The van der Waals surface area contributed by atoms with E-state index in [0.717, 1.165) is 19.3 Å². The number of hydrogen-bond donors (Lipinski definition) is 1. The lowest BCUT2D eigenvalue weighted by Crippen LogP contribution is -2.40. The molecule has 0 radical (unpaired) electrons. The molecule has 0 heterocycles. The van der Waals surface area contributed by atoms with Gasteiger partial charge in [-0.05, 0) is 39.2 Å². The molecule has 1 aromatic carbocycles. The summed E-state index contributed by atoms with van der Waals surface area (Å²) in [5, 5.41) is 0. The van der Waals surface area contributed by atoms with Gasteiger partial charge in [-0.1, -0.05) is 43.7 Å². The SMILES string of the molecule is CCCC(Cc1ccccc1)NS(=O)C(C)(C)C. The van der Waals surface area contributed by atoms with E-state index in [2.05, 4.69) is 35.9 Å². The van der Waals surface area contributed by atoms with Crippen LogP contribution >= 0.6 is 0 Å². The molecule has 0 saturated carbocycles. The molecular weight excluding hydrogens is 242 g/mol. The van der Waals surface area contributed by atoms with E-state index in [4.69, 9.17) is 0 Å². The molecule has 0 aromatic heterocycles. The van der Waals surface area contributed by atoms with Crippen LogP contribution in [0.1, 0.15) is 46.1 Å². The molecule has 0 fully saturated rings. The summed E-state index contributed by atoms with van der Waals surface area (Å²) in [4.78, 5) is 0. The van der Waals surface area contributed by atoms with Gasteiger partial charge in [0.15, 0.2) is 0 Å². The van der Waals surface area contributed by atoms with Crippen molar-refractivity contribution in [3.63, 3.8) is 0 Å². The molecule has 1 N–H and O–H groups in total. The number of hydrogen-bond acceptors (Lipinski definition) is 1. The van der Waals surface area contributed by atoms with Crippen molar-refractivity contribution < 1.29 is 4.21 Å². The lowest BCUT2D eigenvalue weighted by molar-refractivity contribution is 0.541. The lowest BCUT2D eigenvalue weighted by Gasteiger charge is -2.24. The number of nitrogens with one attached hydrogen (secondary N) is 1. The standard InChI is InChI=1S/C15H25NOS/c1-5-9-14(16-18(17)15(2,3)4)12-13-10-7-6-8-11-13/h6-8,10-11,14,16H,5,9,12H2,1-4H3. The smallest absolute Gasteiger partial charge is 0.0972 e. The van der Waals surface area contributed by atoms with Gasteiger partial charge >= 0.3 is 0 Å². The Hall–Kier alpha value is -0.670. The van der Waals surface area contributed by atoms with Gasteiger partial charge in [0.2, 0.25) is 0 Å². The van der Waals surface area contributed by atoms with Crippen LogP contribution in [0.2, 0.25) is 0 Å². The third-order valence-corrected chi connectivity index (χ3v) is 4.45. The fourth-order valence-corrected chi connectivity index (χ4v) is 2.64. The summed E-state index contributed by atoms with van der Waals surface area (Å²) >= 11 is 0. The molecule has 1 aromatic rings. The Kier molecular flexibility index (Phi) is 6.03. The van der Waals surface area contributed by atoms with Crippen molar-refractivity contribution >= 4 is 11.0 Å². The highest BCUT2D eigenvalue weighted by molar-refractivity contribution is 7.84. The van der Waals surface area contributed by atoms with Gasteiger partial charge in [-0.25, -0.2) is 8.93 Å². The summed E-state index contributed by atoms with van der Waals surface area (Å²) in [6, 6.07) is 10.7. The van der Waals surface area contributed by atoms with Crippen LogP contribution in [0.3, 0.4) is 0 Å². The third-order valence-electron chi connectivity index (χ3n) is 2.79. The molecule has 102 valence electrons. The fourth-order valence-electron chi connectivity index (χ4n) is 1.78. The first-order valence-electron chi connectivity index (χ1n) is 6.65. The summed E-state index contributed by atoms with van der Waals surface area (Å²) in [6.07, 6.45) is 3.10. The highest BCUT2D eigenvalue weighted by atomic mass is 32.2. The first kappa shape index (κ1) is 15.4. The van der Waals surface area contributed by atoms with Crippen molar-refractivity contribution in [2.24, 2.45) is 0 Å².